The molecule has 1 aliphatic heterocycles. The number of anilines is 1. The molecule has 0 bridgehead atoms. The molecule has 1 heterocycles. The van der Waals surface area contributed by atoms with E-state index in [1.165, 1.54) is 5.56 Å². The molecule has 1 saturated heterocycles. The van der Waals surface area contributed by atoms with Crippen LogP contribution in [0, 0.1) is 6.92 Å². The second-order valence-corrected chi connectivity index (χ2v) is 6.60. The molecule has 2 aromatic carbocycles. The first-order valence-corrected chi connectivity index (χ1v) is 9.08. The summed E-state index contributed by atoms with van der Waals surface area (Å²) < 4.78 is 0. The van der Waals surface area contributed by atoms with Crippen LogP contribution in [0.5, 0.6) is 0 Å². The van der Waals surface area contributed by atoms with Crippen LogP contribution in [-0.2, 0) is 6.54 Å². The lowest BCUT2D eigenvalue weighted by Gasteiger charge is -2.36. The third-order valence-corrected chi connectivity index (χ3v) is 4.56. The van der Waals surface area contributed by atoms with Crippen molar-refractivity contribution in [1.82, 2.24) is 10.2 Å². The van der Waals surface area contributed by atoms with Crippen LogP contribution in [0.1, 0.15) is 34.8 Å². The van der Waals surface area contributed by atoms with Crippen LogP contribution in [-0.4, -0.2) is 36.5 Å². The van der Waals surface area contributed by atoms with E-state index in [4.69, 9.17) is 0 Å². The molecule has 0 spiro atoms. The number of nitrogens with one attached hydrogen (secondary N) is 1. The average Bonchev–Trinajstić information content (AvgIpc) is 2.65. The fourth-order valence-corrected chi connectivity index (χ4v) is 3.16. The minimum Gasteiger partial charge on any atom is -0.352 e. The molecule has 0 unspecified atom stereocenters. The Balaban J connectivity index is 1.76. The monoisotopic (exact) mass is 351 g/mol. The van der Waals surface area contributed by atoms with E-state index in [0.29, 0.717) is 25.2 Å². The second kappa shape index (κ2) is 8.04. The third kappa shape index (κ3) is 4.04. The van der Waals surface area contributed by atoms with Gasteiger partial charge in [0.15, 0.2) is 0 Å². The van der Waals surface area contributed by atoms with Crippen molar-refractivity contribution in [3.05, 3.63) is 65.2 Å². The summed E-state index contributed by atoms with van der Waals surface area (Å²) in [5.74, 6) is -0.115. The van der Waals surface area contributed by atoms with Gasteiger partial charge in [-0.1, -0.05) is 35.9 Å². The quantitative estimate of drug-likeness (QED) is 0.895. The molecular formula is C21H25N3O2. The first-order chi connectivity index (χ1) is 12.6. The fraction of sp³-hybridized carbons (Fsp3) is 0.333. The SMILES string of the molecule is CCNC(=O)c1cccc(N2CCCN(Cc3ccc(C)cc3)C2=O)c1. The number of nitrogens with zero attached hydrogens (tertiary/aromatic N) is 2. The van der Waals surface area contributed by atoms with Crippen molar-refractivity contribution in [3.8, 4) is 0 Å². The Labute approximate surface area is 154 Å². The van der Waals surface area contributed by atoms with Crippen molar-refractivity contribution >= 4 is 17.6 Å². The lowest BCUT2D eigenvalue weighted by molar-refractivity contribution is 0.0955. The molecule has 0 radical (unpaired) electrons. The molecule has 0 aromatic heterocycles. The number of carbonyl (C=O) groups is 2. The standard InChI is InChI=1S/C21H25N3O2/c1-3-22-20(25)18-6-4-7-19(14-18)24-13-5-12-23(21(24)26)15-17-10-8-16(2)9-11-17/h4,6-11,14H,3,5,12-13,15H2,1-2H3,(H,22,25). The third-order valence-electron chi connectivity index (χ3n) is 4.56. The van der Waals surface area contributed by atoms with E-state index in [1.807, 2.05) is 24.0 Å². The summed E-state index contributed by atoms with van der Waals surface area (Å²) in [7, 11) is 0. The maximum atomic E-state index is 13.0. The second-order valence-electron chi connectivity index (χ2n) is 6.60. The molecule has 5 nitrogen and oxygen atoms in total. The van der Waals surface area contributed by atoms with Gasteiger partial charge in [-0.2, -0.15) is 0 Å². The summed E-state index contributed by atoms with van der Waals surface area (Å²) >= 11 is 0. The average molecular weight is 351 g/mol. The smallest absolute Gasteiger partial charge is 0.324 e. The Kier molecular flexibility index (Phi) is 5.56. The van der Waals surface area contributed by atoms with Gasteiger partial charge >= 0.3 is 6.03 Å². The van der Waals surface area contributed by atoms with Crippen molar-refractivity contribution in [1.29, 1.82) is 0 Å². The van der Waals surface area contributed by atoms with Gasteiger partial charge in [-0.25, -0.2) is 4.79 Å². The topological polar surface area (TPSA) is 52.7 Å². The zero-order valence-corrected chi connectivity index (χ0v) is 15.4. The van der Waals surface area contributed by atoms with Crippen molar-refractivity contribution in [2.24, 2.45) is 0 Å². The van der Waals surface area contributed by atoms with E-state index in [9.17, 15) is 9.59 Å². The molecule has 136 valence electrons. The van der Waals surface area contributed by atoms with Crippen LogP contribution in [0.25, 0.3) is 0 Å². The zero-order chi connectivity index (χ0) is 18.5. The minimum atomic E-state index is -0.115. The van der Waals surface area contributed by atoms with Gasteiger partial charge in [0, 0.05) is 37.4 Å². The molecule has 3 amide bonds. The summed E-state index contributed by atoms with van der Waals surface area (Å²) in [6, 6.07) is 15.5. The van der Waals surface area contributed by atoms with Crippen LogP contribution in [0.2, 0.25) is 0 Å². The van der Waals surface area contributed by atoms with Crippen molar-refractivity contribution in [2.75, 3.05) is 24.5 Å². The molecule has 1 fully saturated rings. The first-order valence-electron chi connectivity index (χ1n) is 9.08. The molecule has 0 saturated carbocycles. The highest BCUT2D eigenvalue weighted by Gasteiger charge is 2.27. The number of carbonyl (C=O) groups excluding carboxylic acids is 2. The van der Waals surface area contributed by atoms with E-state index < -0.39 is 0 Å². The Morgan fingerprint density at radius 2 is 1.88 bits per heavy atom. The Morgan fingerprint density at radius 3 is 2.62 bits per heavy atom. The van der Waals surface area contributed by atoms with Crippen molar-refractivity contribution < 1.29 is 9.59 Å². The Morgan fingerprint density at radius 1 is 1.12 bits per heavy atom. The van der Waals surface area contributed by atoms with E-state index in [2.05, 4.69) is 36.5 Å². The fourth-order valence-electron chi connectivity index (χ4n) is 3.16. The molecular weight excluding hydrogens is 326 g/mol. The highest BCUT2D eigenvalue weighted by Crippen LogP contribution is 2.22. The number of urea groups is 1. The number of hydrogen-bond donors (Lipinski definition) is 1. The van der Waals surface area contributed by atoms with Crippen LogP contribution in [0.4, 0.5) is 10.5 Å². The number of benzene rings is 2. The van der Waals surface area contributed by atoms with Crippen LogP contribution in [0.15, 0.2) is 48.5 Å². The predicted molar refractivity (Wildman–Crippen MR) is 103 cm³/mol. The van der Waals surface area contributed by atoms with E-state index in [-0.39, 0.29) is 11.9 Å². The van der Waals surface area contributed by atoms with Gasteiger partial charge in [0.25, 0.3) is 5.91 Å². The lowest BCUT2D eigenvalue weighted by Crippen LogP contribution is -2.49. The normalized spacial score (nSPS) is 14.5. The number of rotatable bonds is 5. The van der Waals surface area contributed by atoms with Crippen molar-refractivity contribution in [2.45, 2.75) is 26.8 Å². The van der Waals surface area contributed by atoms with Gasteiger partial charge in [-0.3, -0.25) is 9.69 Å². The lowest BCUT2D eigenvalue weighted by atomic mass is 10.1. The predicted octanol–water partition coefficient (Wildman–Crippen LogP) is 3.58. The molecule has 0 atom stereocenters. The Hall–Kier alpha value is -2.82. The molecule has 5 heteroatoms. The number of aryl methyl sites for hydroxylation is 1. The summed E-state index contributed by atoms with van der Waals surface area (Å²) in [5, 5.41) is 2.80. The molecule has 0 aliphatic carbocycles. The van der Waals surface area contributed by atoms with Gasteiger partial charge in [-0.05, 0) is 44.0 Å². The Bertz CT molecular complexity index is 786. The first kappa shape index (κ1) is 18.0. The molecule has 2 aromatic rings. The largest absolute Gasteiger partial charge is 0.352 e. The maximum Gasteiger partial charge on any atom is 0.324 e. The van der Waals surface area contributed by atoms with Gasteiger partial charge in [-0.15, -0.1) is 0 Å². The highest BCUT2D eigenvalue weighted by molar-refractivity contribution is 5.97. The molecule has 26 heavy (non-hydrogen) atoms. The zero-order valence-electron chi connectivity index (χ0n) is 15.4. The van der Waals surface area contributed by atoms with E-state index in [1.54, 1.807) is 17.0 Å². The van der Waals surface area contributed by atoms with Crippen LogP contribution < -0.4 is 10.2 Å². The molecule has 1 N–H and O–H groups in total. The van der Waals surface area contributed by atoms with Crippen LogP contribution >= 0.6 is 0 Å². The summed E-state index contributed by atoms with van der Waals surface area (Å²) in [4.78, 5) is 28.7. The van der Waals surface area contributed by atoms with E-state index >= 15 is 0 Å². The van der Waals surface area contributed by atoms with Crippen LogP contribution in [0.3, 0.4) is 0 Å². The summed E-state index contributed by atoms with van der Waals surface area (Å²) in [5.41, 5.74) is 3.68. The number of amides is 3. The van der Waals surface area contributed by atoms with Gasteiger partial charge in [0.05, 0.1) is 0 Å². The summed E-state index contributed by atoms with van der Waals surface area (Å²) in [6.45, 7) is 6.54. The van der Waals surface area contributed by atoms with Gasteiger partial charge < -0.3 is 10.2 Å². The molecule has 3 rings (SSSR count). The molecule has 1 aliphatic rings. The number of hydrogen-bond acceptors (Lipinski definition) is 2. The van der Waals surface area contributed by atoms with E-state index in [0.717, 1.165) is 24.2 Å². The highest BCUT2D eigenvalue weighted by atomic mass is 16.2. The maximum absolute atomic E-state index is 13.0. The summed E-state index contributed by atoms with van der Waals surface area (Å²) in [6.07, 6.45) is 0.906. The van der Waals surface area contributed by atoms with Crippen molar-refractivity contribution in [3.63, 3.8) is 0 Å². The van der Waals surface area contributed by atoms with Gasteiger partial charge in [0.1, 0.15) is 0 Å². The minimum absolute atomic E-state index is 0.00938. The van der Waals surface area contributed by atoms with Gasteiger partial charge in [0.2, 0.25) is 0 Å².